The molecule has 0 aromatic heterocycles. The van der Waals surface area contributed by atoms with Gasteiger partial charge in [0, 0.05) is 12.0 Å². The maximum atomic E-state index is 11.7. The molecular weight excluding hydrogens is 266 g/mol. The molecule has 6 heteroatoms. The molecule has 2 aliphatic rings. The van der Waals surface area contributed by atoms with Gasteiger partial charge in [-0.05, 0) is 51.0 Å². The second kappa shape index (κ2) is 7.70. The highest BCUT2D eigenvalue weighted by Crippen LogP contribution is 2.27. The van der Waals surface area contributed by atoms with Crippen LogP contribution < -0.4 is 16.4 Å². The molecule has 5 nitrogen and oxygen atoms in total. The minimum Gasteiger partial charge on any atom is -0.369 e. The molecule has 0 aromatic carbocycles. The number of hydrogen-bond donors (Lipinski definition) is 3. The van der Waals surface area contributed by atoms with Gasteiger partial charge in [0.05, 0.1) is 6.54 Å². The van der Waals surface area contributed by atoms with Crippen LogP contribution in [-0.4, -0.2) is 30.9 Å². The lowest BCUT2D eigenvalue weighted by Crippen LogP contribution is -2.43. The fraction of sp³-hybridized carbons (Fsp3) is 0.846. The van der Waals surface area contributed by atoms with Crippen LogP contribution in [0.1, 0.15) is 38.5 Å². The highest BCUT2D eigenvalue weighted by atomic mass is 35.5. The van der Waals surface area contributed by atoms with Crippen molar-refractivity contribution in [2.24, 2.45) is 17.6 Å². The molecule has 2 amide bonds. The van der Waals surface area contributed by atoms with Crippen molar-refractivity contribution in [2.45, 2.75) is 44.6 Å². The first-order valence-electron chi connectivity index (χ1n) is 6.94. The molecule has 110 valence electrons. The van der Waals surface area contributed by atoms with Crippen molar-refractivity contribution in [2.75, 3.05) is 13.1 Å². The van der Waals surface area contributed by atoms with Crippen LogP contribution in [0.15, 0.2) is 0 Å². The maximum Gasteiger partial charge on any atom is 0.234 e. The summed E-state index contributed by atoms with van der Waals surface area (Å²) in [6.45, 7) is 1.37. The molecule has 2 aliphatic carbocycles. The molecule has 0 spiro atoms. The molecule has 2 fully saturated rings. The predicted molar refractivity (Wildman–Crippen MR) is 75.9 cm³/mol. The fourth-order valence-electron chi connectivity index (χ4n) is 2.51. The average molecular weight is 290 g/mol. The number of primary amides is 1. The summed E-state index contributed by atoms with van der Waals surface area (Å²) >= 11 is 0. The van der Waals surface area contributed by atoms with Crippen LogP contribution in [0.5, 0.6) is 0 Å². The monoisotopic (exact) mass is 289 g/mol. The van der Waals surface area contributed by atoms with E-state index in [4.69, 9.17) is 5.73 Å². The van der Waals surface area contributed by atoms with Gasteiger partial charge in [0.2, 0.25) is 11.8 Å². The molecule has 0 unspecified atom stereocenters. The minimum atomic E-state index is -0.203. The molecular formula is C13H24ClN3O2. The molecule has 0 saturated heterocycles. The van der Waals surface area contributed by atoms with E-state index in [9.17, 15) is 9.59 Å². The molecule has 4 N–H and O–H groups in total. The van der Waals surface area contributed by atoms with Crippen LogP contribution in [0.25, 0.3) is 0 Å². The maximum absolute atomic E-state index is 11.7. The van der Waals surface area contributed by atoms with E-state index < -0.39 is 0 Å². The second-order valence-electron chi connectivity index (χ2n) is 5.59. The van der Waals surface area contributed by atoms with Crippen LogP contribution in [0.2, 0.25) is 0 Å². The molecule has 0 bridgehead atoms. The van der Waals surface area contributed by atoms with Gasteiger partial charge in [0.25, 0.3) is 0 Å². The molecule has 2 rings (SSSR count). The van der Waals surface area contributed by atoms with E-state index in [1.165, 1.54) is 12.8 Å². The molecule has 2 saturated carbocycles. The van der Waals surface area contributed by atoms with Gasteiger partial charge in [-0.2, -0.15) is 0 Å². The fourth-order valence-corrected chi connectivity index (χ4v) is 2.51. The lowest BCUT2D eigenvalue weighted by atomic mass is 9.85. The third-order valence-corrected chi connectivity index (χ3v) is 3.91. The highest BCUT2D eigenvalue weighted by Gasteiger charge is 2.25. The lowest BCUT2D eigenvalue weighted by Gasteiger charge is -2.27. The van der Waals surface area contributed by atoms with Crippen LogP contribution in [-0.2, 0) is 9.59 Å². The standard InChI is InChI=1S/C13H23N3O2.ClH/c14-13(18)10-3-5-11(6-4-10)16-12(17)8-15-7-9-1-2-9;/h9-11,15H,1-8H2,(H2,14,18)(H,16,17);1H. The Morgan fingerprint density at radius 2 is 1.68 bits per heavy atom. The number of hydrogen-bond acceptors (Lipinski definition) is 3. The Labute approximate surface area is 120 Å². The number of nitrogens with two attached hydrogens (primary N) is 1. The summed E-state index contributed by atoms with van der Waals surface area (Å²) in [4.78, 5) is 22.7. The number of amides is 2. The Balaban J connectivity index is 0.00000180. The van der Waals surface area contributed by atoms with E-state index in [1.54, 1.807) is 0 Å². The molecule has 0 atom stereocenters. The summed E-state index contributed by atoms with van der Waals surface area (Å²) < 4.78 is 0. The minimum absolute atomic E-state index is 0. The average Bonchev–Trinajstić information content (AvgIpc) is 3.13. The lowest BCUT2D eigenvalue weighted by molar-refractivity contribution is -0.123. The van der Waals surface area contributed by atoms with Crippen LogP contribution in [0.4, 0.5) is 0 Å². The van der Waals surface area contributed by atoms with Gasteiger partial charge in [-0.1, -0.05) is 0 Å². The zero-order chi connectivity index (χ0) is 13.0. The second-order valence-corrected chi connectivity index (χ2v) is 5.59. The molecule has 0 radical (unpaired) electrons. The Bertz CT molecular complexity index is 313. The Hall–Kier alpha value is -0.810. The topological polar surface area (TPSA) is 84.2 Å². The summed E-state index contributed by atoms with van der Waals surface area (Å²) in [5.41, 5.74) is 5.28. The molecule has 0 heterocycles. The first-order chi connectivity index (χ1) is 8.65. The summed E-state index contributed by atoms with van der Waals surface area (Å²) in [6, 6.07) is 0.218. The Morgan fingerprint density at radius 3 is 2.21 bits per heavy atom. The number of nitrogens with one attached hydrogen (secondary N) is 2. The van der Waals surface area contributed by atoms with E-state index >= 15 is 0 Å². The van der Waals surface area contributed by atoms with Crippen molar-refractivity contribution in [3.8, 4) is 0 Å². The van der Waals surface area contributed by atoms with Crippen LogP contribution in [0.3, 0.4) is 0 Å². The summed E-state index contributed by atoms with van der Waals surface area (Å²) in [5.74, 6) is 0.666. The number of halogens is 1. The van der Waals surface area contributed by atoms with E-state index in [0.29, 0.717) is 6.54 Å². The highest BCUT2D eigenvalue weighted by molar-refractivity contribution is 5.85. The summed E-state index contributed by atoms with van der Waals surface area (Å²) in [6.07, 6.45) is 5.92. The Kier molecular flexibility index (Phi) is 6.58. The summed E-state index contributed by atoms with van der Waals surface area (Å²) in [5, 5.41) is 6.20. The largest absolute Gasteiger partial charge is 0.369 e. The van der Waals surface area contributed by atoms with Crippen molar-refractivity contribution in [3.63, 3.8) is 0 Å². The van der Waals surface area contributed by atoms with Gasteiger partial charge in [0.1, 0.15) is 0 Å². The van der Waals surface area contributed by atoms with Crippen LogP contribution in [0, 0.1) is 11.8 Å². The predicted octanol–water partition coefficient (Wildman–Crippen LogP) is 0.568. The third-order valence-electron chi connectivity index (χ3n) is 3.91. The smallest absolute Gasteiger partial charge is 0.234 e. The van der Waals surface area contributed by atoms with Crippen molar-refractivity contribution in [1.29, 1.82) is 0 Å². The zero-order valence-electron chi connectivity index (χ0n) is 11.2. The van der Waals surface area contributed by atoms with E-state index in [-0.39, 0.29) is 36.2 Å². The number of rotatable bonds is 6. The first kappa shape index (κ1) is 16.2. The van der Waals surface area contributed by atoms with E-state index in [0.717, 1.165) is 38.1 Å². The van der Waals surface area contributed by atoms with Gasteiger partial charge < -0.3 is 16.4 Å². The molecule has 0 aliphatic heterocycles. The van der Waals surface area contributed by atoms with Gasteiger partial charge in [-0.3, -0.25) is 9.59 Å². The van der Waals surface area contributed by atoms with Crippen molar-refractivity contribution < 1.29 is 9.59 Å². The van der Waals surface area contributed by atoms with Gasteiger partial charge in [-0.25, -0.2) is 0 Å². The third kappa shape index (κ3) is 5.78. The Morgan fingerprint density at radius 1 is 1.05 bits per heavy atom. The van der Waals surface area contributed by atoms with Gasteiger partial charge >= 0.3 is 0 Å². The molecule has 0 aromatic rings. The van der Waals surface area contributed by atoms with Crippen molar-refractivity contribution >= 4 is 24.2 Å². The first-order valence-corrected chi connectivity index (χ1v) is 6.94. The normalized spacial score (nSPS) is 26.3. The van der Waals surface area contributed by atoms with E-state index in [1.807, 2.05) is 0 Å². The summed E-state index contributed by atoms with van der Waals surface area (Å²) in [7, 11) is 0. The van der Waals surface area contributed by atoms with E-state index in [2.05, 4.69) is 10.6 Å². The quantitative estimate of drug-likeness (QED) is 0.668. The van der Waals surface area contributed by atoms with Crippen molar-refractivity contribution in [3.05, 3.63) is 0 Å². The van der Waals surface area contributed by atoms with Crippen molar-refractivity contribution in [1.82, 2.24) is 10.6 Å². The van der Waals surface area contributed by atoms with Crippen LogP contribution >= 0.6 is 12.4 Å². The zero-order valence-corrected chi connectivity index (χ0v) is 12.0. The SMILES string of the molecule is Cl.NC(=O)C1CCC(NC(=O)CNCC2CC2)CC1. The van der Waals surface area contributed by atoms with Gasteiger partial charge in [-0.15, -0.1) is 12.4 Å². The number of carbonyl (C=O) groups excluding carboxylic acids is 2. The molecule has 19 heavy (non-hydrogen) atoms. The van der Waals surface area contributed by atoms with Gasteiger partial charge in [0.15, 0.2) is 0 Å². The number of carbonyl (C=O) groups is 2.